The number of carbonyl (C=O) groups excluding carboxylic acids is 2. The fourth-order valence-corrected chi connectivity index (χ4v) is 3.75. The normalized spacial score (nSPS) is 19.7. The van der Waals surface area contributed by atoms with Crippen molar-refractivity contribution >= 4 is 29.3 Å². The Hall–Kier alpha value is -2.31. The molecule has 0 radical (unpaired) electrons. The lowest BCUT2D eigenvalue weighted by Crippen LogP contribution is -2.57. The Kier molecular flexibility index (Phi) is 4.23. The largest absolute Gasteiger partial charge is 0.324 e. The number of nitrogens with zero attached hydrogens (tertiary/aromatic N) is 1. The van der Waals surface area contributed by atoms with Gasteiger partial charge in [0.05, 0.1) is 11.3 Å². The molecule has 2 heterocycles. The van der Waals surface area contributed by atoms with E-state index in [2.05, 4.69) is 34.9 Å². The SMILES string of the molecule is CSc1ccc(-c2ccc3c(c2)C(=O)N2CCNC[C@@H]2C(=O)N3)cc1. The van der Waals surface area contributed by atoms with Crippen LogP contribution in [0.1, 0.15) is 10.4 Å². The molecular weight excluding hydrogens is 334 g/mol. The van der Waals surface area contributed by atoms with E-state index in [4.69, 9.17) is 0 Å². The second-order valence-electron chi connectivity index (χ2n) is 6.20. The number of nitrogens with one attached hydrogen (secondary N) is 2. The molecule has 25 heavy (non-hydrogen) atoms. The Morgan fingerprint density at radius 1 is 1.08 bits per heavy atom. The van der Waals surface area contributed by atoms with Gasteiger partial charge in [-0.3, -0.25) is 9.59 Å². The van der Waals surface area contributed by atoms with Gasteiger partial charge in [0.15, 0.2) is 0 Å². The number of thioether (sulfide) groups is 1. The van der Waals surface area contributed by atoms with Crippen LogP contribution in [0.15, 0.2) is 47.4 Å². The number of amides is 2. The zero-order chi connectivity index (χ0) is 17.4. The standard InChI is InChI=1S/C19H19N3O2S/c1-25-14-5-2-12(3-6-14)13-4-7-16-15(10-13)19(24)22-9-8-20-11-17(22)18(23)21-16/h2-7,10,17,20H,8-9,11H2,1H3,(H,21,23)/t17-/m1/s1. The molecule has 2 N–H and O–H groups in total. The van der Waals surface area contributed by atoms with Crippen molar-refractivity contribution < 1.29 is 9.59 Å². The zero-order valence-corrected chi connectivity index (χ0v) is 14.7. The van der Waals surface area contributed by atoms with Crippen molar-refractivity contribution in [2.75, 3.05) is 31.2 Å². The smallest absolute Gasteiger partial charge is 0.256 e. The number of fused-ring (bicyclic) bond motifs is 2. The average molecular weight is 353 g/mol. The number of piperazine rings is 1. The van der Waals surface area contributed by atoms with Gasteiger partial charge in [0.25, 0.3) is 5.91 Å². The van der Waals surface area contributed by atoms with Gasteiger partial charge in [0.1, 0.15) is 6.04 Å². The number of hydrogen-bond donors (Lipinski definition) is 2. The van der Waals surface area contributed by atoms with Crippen molar-refractivity contribution in [3.63, 3.8) is 0 Å². The van der Waals surface area contributed by atoms with E-state index in [1.165, 1.54) is 4.90 Å². The van der Waals surface area contributed by atoms with E-state index in [-0.39, 0.29) is 11.8 Å². The topological polar surface area (TPSA) is 61.4 Å². The minimum atomic E-state index is -0.446. The predicted octanol–water partition coefficient (Wildman–Crippen LogP) is 2.44. The summed E-state index contributed by atoms with van der Waals surface area (Å²) in [7, 11) is 0. The molecule has 1 fully saturated rings. The Labute approximate surface area is 150 Å². The van der Waals surface area contributed by atoms with Gasteiger partial charge < -0.3 is 15.5 Å². The van der Waals surface area contributed by atoms with E-state index in [1.54, 1.807) is 16.7 Å². The molecule has 6 heteroatoms. The van der Waals surface area contributed by atoms with E-state index < -0.39 is 6.04 Å². The lowest BCUT2D eigenvalue weighted by atomic mass is 10.0. The summed E-state index contributed by atoms with van der Waals surface area (Å²) >= 11 is 1.70. The fraction of sp³-hybridized carbons (Fsp3) is 0.263. The van der Waals surface area contributed by atoms with Gasteiger partial charge in [-0.1, -0.05) is 18.2 Å². The summed E-state index contributed by atoms with van der Waals surface area (Å²) < 4.78 is 0. The van der Waals surface area contributed by atoms with Crippen molar-refractivity contribution in [3.05, 3.63) is 48.0 Å². The highest BCUT2D eigenvalue weighted by molar-refractivity contribution is 7.98. The van der Waals surface area contributed by atoms with Gasteiger partial charge >= 0.3 is 0 Å². The highest BCUT2D eigenvalue weighted by Gasteiger charge is 2.36. The summed E-state index contributed by atoms with van der Waals surface area (Å²) in [6.45, 7) is 1.75. The van der Waals surface area contributed by atoms with Crippen LogP contribution in [0, 0.1) is 0 Å². The zero-order valence-electron chi connectivity index (χ0n) is 13.9. The van der Waals surface area contributed by atoms with Crippen LogP contribution in [0.5, 0.6) is 0 Å². The average Bonchev–Trinajstić information content (AvgIpc) is 2.77. The van der Waals surface area contributed by atoms with Crippen LogP contribution in [0.2, 0.25) is 0 Å². The molecule has 2 amide bonds. The molecule has 0 unspecified atom stereocenters. The van der Waals surface area contributed by atoms with Crippen molar-refractivity contribution in [1.82, 2.24) is 10.2 Å². The molecular formula is C19H19N3O2S. The molecule has 2 aliphatic heterocycles. The first-order valence-corrected chi connectivity index (χ1v) is 9.51. The van der Waals surface area contributed by atoms with Crippen molar-refractivity contribution in [2.45, 2.75) is 10.9 Å². The summed E-state index contributed by atoms with van der Waals surface area (Å²) in [4.78, 5) is 28.3. The summed E-state index contributed by atoms with van der Waals surface area (Å²) in [5.41, 5.74) is 3.18. The van der Waals surface area contributed by atoms with E-state index >= 15 is 0 Å². The summed E-state index contributed by atoms with van der Waals surface area (Å²) in [5, 5.41) is 6.08. The van der Waals surface area contributed by atoms with Crippen LogP contribution >= 0.6 is 11.8 Å². The molecule has 2 aromatic carbocycles. The van der Waals surface area contributed by atoms with E-state index in [0.717, 1.165) is 11.1 Å². The third kappa shape index (κ3) is 2.92. The second-order valence-corrected chi connectivity index (χ2v) is 7.08. The molecule has 2 aliphatic rings. The van der Waals surface area contributed by atoms with Gasteiger partial charge in [-0.15, -0.1) is 11.8 Å². The third-order valence-corrected chi connectivity index (χ3v) is 5.48. The van der Waals surface area contributed by atoms with E-state index in [0.29, 0.717) is 30.9 Å². The van der Waals surface area contributed by atoms with Crippen LogP contribution in [-0.4, -0.2) is 48.6 Å². The van der Waals surface area contributed by atoms with Crippen LogP contribution in [0.25, 0.3) is 11.1 Å². The molecule has 0 aliphatic carbocycles. The summed E-state index contributed by atoms with van der Waals surface area (Å²) in [6, 6.07) is 13.5. The first kappa shape index (κ1) is 16.2. The number of carbonyl (C=O) groups is 2. The molecule has 0 spiro atoms. The monoisotopic (exact) mass is 353 g/mol. The fourth-order valence-electron chi connectivity index (χ4n) is 3.35. The van der Waals surface area contributed by atoms with Crippen LogP contribution in [-0.2, 0) is 4.79 Å². The second kappa shape index (κ2) is 6.54. The number of anilines is 1. The maximum Gasteiger partial charge on any atom is 0.256 e. The molecule has 1 saturated heterocycles. The van der Waals surface area contributed by atoms with Crippen molar-refractivity contribution in [3.8, 4) is 11.1 Å². The van der Waals surface area contributed by atoms with Gasteiger partial charge in [0.2, 0.25) is 5.91 Å². The Bertz CT molecular complexity index is 835. The van der Waals surface area contributed by atoms with Crippen molar-refractivity contribution in [2.24, 2.45) is 0 Å². The van der Waals surface area contributed by atoms with Gasteiger partial charge in [0, 0.05) is 24.5 Å². The minimum absolute atomic E-state index is 0.0811. The lowest BCUT2D eigenvalue weighted by Gasteiger charge is -2.33. The predicted molar refractivity (Wildman–Crippen MR) is 100.0 cm³/mol. The molecule has 1 atom stereocenters. The molecule has 128 valence electrons. The molecule has 2 aromatic rings. The number of benzene rings is 2. The molecule has 0 aromatic heterocycles. The lowest BCUT2D eigenvalue weighted by molar-refractivity contribution is -0.120. The minimum Gasteiger partial charge on any atom is -0.324 e. The van der Waals surface area contributed by atoms with Gasteiger partial charge in [-0.25, -0.2) is 0 Å². The van der Waals surface area contributed by atoms with Gasteiger partial charge in [-0.2, -0.15) is 0 Å². The van der Waals surface area contributed by atoms with Crippen LogP contribution in [0.3, 0.4) is 0 Å². The molecule has 0 bridgehead atoms. The maximum atomic E-state index is 13.0. The molecule has 5 nitrogen and oxygen atoms in total. The van der Waals surface area contributed by atoms with E-state index in [1.807, 2.05) is 24.5 Å². The Morgan fingerprint density at radius 2 is 1.84 bits per heavy atom. The van der Waals surface area contributed by atoms with E-state index in [9.17, 15) is 9.59 Å². The van der Waals surface area contributed by atoms with Crippen molar-refractivity contribution in [1.29, 1.82) is 0 Å². The highest BCUT2D eigenvalue weighted by Crippen LogP contribution is 2.30. The first-order chi connectivity index (χ1) is 12.2. The first-order valence-electron chi connectivity index (χ1n) is 8.28. The maximum absolute atomic E-state index is 13.0. The molecule has 0 saturated carbocycles. The Morgan fingerprint density at radius 3 is 2.60 bits per heavy atom. The highest BCUT2D eigenvalue weighted by atomic mass is 32.2. The van der Waals surface area contributed by atoms with Gasteiger partial charge in [-0.05, 0) is 41.6 Å². The summed E-state index contributed by atoms with van der Waals surface area (Å²) in [6.07, 6.45) is 2.04. The number of hydrogen-bond acceptors (Lipinski definition) is 4. The molecule has 4 rings (SSSR count). The Balaban J connectivity index is 1.74. The third-order valence-electron chi connectivity index (χ3n) is 4.74. The quantitative estimate of drug-likeness (QED) is 0.814. The summed E-state index contributed by atoms with van der Waals surface area (Å²) in [5.74, 6) is -0.209. The van der Waals surface area contributed by atoms with Crippen LogP contribution in [0.4, 0.5) is 5.69 Å². The van der Waals surface area contributed by atoms with Crippen LogP contribution < -0.4 is 10.6 Å². The number of rotatable bonds is 2.